The predicted molar refractivity (Wildman–Crippen MR) is 31.4 cm³/mol. The van der Waals surface area contributed by atoms with Crippen LogP contribution in [0.15, 0.2) is 24.4 Å². The molecule has 0 unspecified atom stereocenters. The van der Waals surface area contributed by atoms with Gasteiger partial charge in [-0.25, -0.2) is 0 Å². The molecule has 0 aromatic rings. The van der Waals surface area contributed by atoms with Crippen LogP contribution in [0, 0.1) is 0 Å². The van der Waals surface area contributed by atoms with Gasteiger partial charge in [-0.3, -0.25) is 9.59 Å². The highest BCUT2D eigenvalue weighted by Crippen LogP contribution is 2.01. The Morgan fingerprint density at radius 2 is 2.22 bits per heavy atom. The van der Waals surface area contributed by atoms with Crippen molar-refractivity contribution in [1.82, 2.24) is 5.32 Å². The third-order valence-electron chi connectivity index (χ3n) is 1.05. The first-order valence-corrected chi connectivity index (χ1v) is 2.43. The van der Waals surface area contributed by atoms with Crippen molar-refractivity contribution in [3.05, 3.63) is 24.4 Å². The Labute approximate surface area is 52.1 Å². The fourth-order valence-corrected chi connectivity index (χ4v) is 0.557. The van der Waals surface area contributed by atoms with Crippen molar-refractivity contribution < 1.29 is 9.59 Å². The average molecular weight is 123 g/mol. The summed E-state index contributed by atoms with van der Waals surface area (Å²) >= 11 is 0. The van der Waals surface area contributed by atoms with Crippen LogP contribution in [-0.2, 0) is 9.59 Å². The third kappa shape index (κ3) is 0.762. The van der Waals surface area contributed by atoms with Gasteiger partial charge < -0.3 is 5.32 Å². The summed E-state index contributed by atoms with van der Waals surface area (Å²) in [5.41, 5.74) is 0.333. The van der Waals surface area contributed by atoms with Gasteiger partial charge in [-0.2, -0.15) is 0 Å². The monoisotopic (exact) mass is 123 g/mol. The second-order valence-corrected chi connectivity index (χ2v) is 1.61. The smallest absolute Gasteiger partial charge is 0.296 e. The van der Waals surface area contributed by atoms with Crippen molar-refractivity contribution in [2.45, 2.75) is 0 Å². The number of carbonyl (C=O) groups is 2. The Bertz CT molecular complexity index is 215. The summed E-state index contributed by atoms with van der Waals surface area (Å²) in [7, 11) is 0. The third-order valence-corrected chi connectivity index (χ3v) is 1.05. The van der Waals surface area contributed by atoms with E-state index in [1.165, 1.54) is 12.3 Å². The van der Waals surface area contributed by atoms with Gasteiger partial charge in [0, 0.05) is 11.8 Å². The number of Topliss-reactive ketones (excluding diaryl/α,β-unsaturated/α-hetero) is 1. The fraction of sp³-hybridized carbons (Fsp3) is 0. The second kappa shape index (κ2) is 1.85. The van der Waals surface area contributed by atoms with Crippen molar-refractivity contribution in [3.63, 3.8) is 0 Å². The molecular weight excluding hydrogens is 118 g/mol. The molecular formula is C6H5NO2. The maximum Gasteiger partial charge on any atom is 0.296 e. The van der Waals surface area contributed by atoms with Crippen molar-refractivity contribution >= 4 is 11.7 Å². The summed E-state index contributed by atoms with van der Waals surface area (Å²) in [6.45, 7) is 3.35. The molecule has 1 N–H and O–H groups in total. The molecule has 0 saturated carbocycles. The lowest BCUT2D eigenvalue weighted by molar-refractivity contribution is -0.133. The van der Waals surface area contributed by atoms with E-state index in [-0.39, 0.29) is 0 Å². The minimum absolute atomic E-state index is 0.333. The molecule has 0 bridgehead atoms. The largest absolute Gasteiger partial charge is 0.325 e. The van der Waals surface area contributed by atoms with Gasteiger partial charge in [0.1, 0.15) is 0 Å². The van der Waals surface area contributed by atoms with E-state index < -0.39 is 11.7 Å². The van der Waals surface area contributed by atoms with Crippen LogP contribution in [0.5, 0.6) is 0 Å². The highest BCUT2D eigenvalue weighted by atomic mass is 16.2. The molecule has 0 aromatic carbocycles. The number of carbonyl (C=O) groups excluding carboxylic acids is 2. The quantitative estimate of drug-likeness (QED) is 0.489. The molecule has 0 aromatic heterocycles. The maximum absolute atomic E-state index is 10.6. The summed E-state index contributed by atoms with van der Waals surface area (Å²) in [6, 6.07) is 0. The Balaban J connectivity index is 2.90. The van der Waals surface area contributed by atoms with Gasteiger partial charge in [0.15, 0.2) is 0 Å². The lowest BCUT2D eigenvalue weighted by Crippen LogP contribution is -2.18. The molecule has 0 saturated heterocycles. The molecule has 0 fully saturated rings. The number of rotatable bonds is 1. The van der Waals surface area contributed by atoms with E-state index in [0.717, 1.165) is 0 Å². The van der Waals surface area contributed by atoms with Crippen molar-refractivity contribution in [2.75, 3.05) is 0 Å². The summed E-state index contributed by atoms with van der Waals surface area (Å²) < 4.78 is 0. The molecule has 1 heterocycles. The Kier molecular flexibility index (Phi) is 1.18. The fourth-order valence-electron chi connectivity index (χ4n) is 0.557. The normalized spacial score (nSPS) is 17.1. The molecule has 3 nitrogen and oxygen atoms in total. The highest BCUT2D eigenvalue weighted by Gasteiger charge is 2.21. The summed E-state index contributed by atoms with van der Waals surface area (Å²) in [6.07, 6.45) is 2.69. The molecule has 1 rings (SSSR count). The van der Waals surface area contributed by atoms with Crippen molar-refractivity contribution in [2.24, 2.45) is 0 Å². The average Bonchev–Trinajstić information content (AvgIpc) is 2.15. The second-order valence-electron chi connectivity index (χ2n) is 1.61. The number of allylic oxidation sites excluding steroid dienone is 1. The maximum atomic E-state index is 10.6. The minimum Gasteiger partial charge on any atom is -0.325 e. The van der Waals surface area contributed by atoms with Crippen LogP contribution in [-0.4, -0.2) is 11.7 Å². The van der Waals surface area contributed by atoms with E-state index >= 15 is 0 Å². The first-order valence-electron chi connectivity index (χ1n) is 2.43. The summed E-state index contributed by atoms with van der Waals surface area (Å²) in [5.74, 6) is -1.09. The molecule has 46 valence electrons. The van der Waals surface area contributed by atoms with Gasteiger partial charge in [-0.1, -0.05) is 12.7 Å². The van der Waals surface area contributed by atoms with Crippen molar-refractivity contribution in [3.8, 4) is 0 Å². The van der Waals surface area contributed by atoms with Crippen LogP contribution in [0.2, 0.25) is 0 Å². The number of hydrogen-bond acceptors (Lipinski definition) is 2. The van der Waals surface area contributed by atoms with Gasteiger partial charge in [-0.05, 0) is 0 Å². The van der Waals surface area contributed by atoms with Crippen LogP contribution in [0.4, 0.5) is 0 Å². The number of nitrogens with one attached hydrogen (secondary N) is 1. The first-order chi connectivity index (χ1) is 4.25. The topological polar surface area (TPSA) is 46.2 Å². The van der Waals surface area contributed by atoms with Gasteiger partial charge >= 0.3 is 0 Å². The first kappa shape index (κ1) is 5.75. The summed E-state index contributed by atoms with van der Waals surface area (Å²) in [4.78, 5) is 21.0. The molecule has 0 radical (unpaired) electrons. The van der Waals surface area contributed by atoms with Gasteiger partial charge in [0.05, 0.1) is 0 Å². The molecule has 0 atom stereocenters. The van der Waals surface area contributed by atoms with Crippen LogP contribution in [0.25, 0.3) is 0 Å². The van der Waals surface area contributed by atoms with E-state index in [4.69, 9.17) is 0 Å². The lowest BCUT2D eigenvalue weighted by Gasteiger charge is -1.82. The van der Waals surface area contributed by atoms with E-state index in [9.17, 15) is 9.59 Å². The van der Waals surface area contributed by atoms with E-state index in [1.54, 1.807) is 0 Å². The zero-order chi connectivity index (χ0) is 6.85. The van der Waals surface area contributed by atoms with Gasteiger partial charge in [-0.15, -0.1) is 0 Å². The zero-order valence-corrected chi connectivity index (χ0v) is 4.68. The molecule has 1 aliphatic heterocycles. The molecule has 1 amide bonds. The minimum atomic E-state index is -0.579. The number of amides is 1. The standard InChI is InChI=1S/C6H5NO2/c1-2-4-3-7-6(9)5(4)8/h2-3H,1H2,(H,7,8,9). The zero-order valence-electron chi connectivity index (χ0n) is 4.68. The predicted octanol–water partition coefficient (Wildman–Crippen LogP) is -0.245. The molecule has 3 heteroatoms. The van der Waals surface area contributed by atoms with Gasteiger partial charge in [0.25, 0.3) is 11.7 Å². The Hall–Kier alpha value is -1.38. The van der Waals surface area contributed by atoms with Gasteiger partial charge in [0.2, 0.25) is 0 Å². The van der Waals surface area contributed by atoms with E-state index in [1.807, 2.05) is 0 Å². The van der Waals surface area contributed by atoms with E-state index in [0.29, 0.717) is 5.57 Å². The van der Waals surface area contributed by atoms with E-state index in [2.05, 4.69) is 11.9 Å². The molecule has 9 heavy (non-hydrogen) atoms. The Morgan fingerprint density at radius 3 is 2.44 bits per heavy atom. The van der Waals surface area contributed by atoms with Crippen molar-refractivity contribution in [1.29, 1.82) is 0 Å². The highest BCUT2D eigenvalue weighted by molar-refractivity contribution is 6.45. The van der Waals surface area contributed by atoms with Crippen LogP contribution in [0.1, 0.15) is 0 Å². The summed E-state index contributed by atoms with van der Waals surface area (Å²) in [5, 5.41) is 2.25. The lowest BCUT2D eigenvalue weighted by atomic mass is 10.2. The number of hydrogen-bond donors (Lipinski definition) is 1. The van der Waals surface area contributed by atoms with Crippen LogP contribution < -0.4 is 5.32 Å². The Morgan fingerprint density at radius 1 is 1.56 bits per heavy atom. The molecule has 0 aliphatic carbocycles. The SMILES string of the molecule is C=CC1=CNC(=O)C1=O. The molecule has 0 spiro atoms. The molecule has 1 aliphatic rings. The van der Waals surface area contributed by atoms with Crippen LogP contribution >= 0.6 is 0 Å². The van der Waals surface area contributed by atoms with Crippen LogP contribution in [0.3, 0.4) is 0 Å². The number of ketones is 1.